The fourth-order valence-electron chi connectivity index (χ4n) is 2.63. The van der Waals surface area contributed by atoms with Gasteiger partial charge in [-0.3, -0.25) is 4.79 Å². The van der Waals surface area contributed by atoms with E-state index in [1.54, 1.807) is 0 Å². The predicted molar refractivity (Wildman–Crippen MR) is 48.8 cm³/mol. The molecular weight excluding hydrogens is 148 g/mol. The molecule has 2 aliphatic carbocycles. The second kappa shape index (κ2) is 2.72. The lowest BCUT2D eigenvalue weighted by Crippen LogP contribution is -2.23. The summed E-state index contributed by atoms with van der Waals surface area (Å²) in [5.74, 6) is 0.883. The molecule has 1 heteroatoms. The molecule has 0 radical (unpaired) electrons. The van der Waals surface area contributed by atoms with E-state index in [1.165, 1.54) is 0 Å². The van der Waals surface area contributed by atoms with Gasteiger partial charge in [0.1, 0.15) is 5.78 Å². The van der Waals surface area contributed by atoms with Crippen LogP contribution in [0.2, 0.25) is 0 Å². The van der Waals surface area contributed by atoms with Gasteiger partial charge in [0, 0.05) is 12.3 Å². The van der Waals surface area contributed by atoms with Crippen molar-refractivity contribution in [3.8, 4) is 0 Å². The summed E-state index contributed by atoms with van der Waals surface area (Å²) in [7, 11) is 0. The van der Waals surface area contributed by atoms with E-state index in [1.807, 2.05) is 0 Å². The largest absolute Gasteiger partial charge is 0.299 e. The molecule has 0 aromatic rings. The maximum absolute atomic E-state index is 11.5. The molecule has 0 aliphatic heterocycles. The molecule has 0 spiro atoms. The summed E-state index contributed by atoms with van der Waals surface area (Å²) in [5.41, 5.74) is 0.310. The normalized spacial score (nSPS) is 41.1. The average molecular weight is 164 g/mol. The number of ketones is 1. The smallest absolute Gasteiger partial charge is 0.136 e. The second-order valence-corrected chi connectivity index (χ2v) is 4.43. The fraction of sp³-hybridized carbons (Fsp3) is 0.727. The topological polar surface area (TPSA) is 17.1 Å². The van der Waals surface area contributed by atoms with Crippen LogP contribution in [0.4, 0.5) is 0 Å². The third-order valence-corrected chi connectivity index (χ3v) is 3.55. The third kappa shape index (κ3) is 1.12. The molecule has 0 aromatic carbocycles. The number of carbonyl (C=O) groups is 1. The second-order valence-electron chi connectivity index (χ2n) is 4.43. The Morgan fingerprint density at radius 2 is 2.33 bits per heavy atom. The lowest BCUT2D eigenvalue weighted by atomic mass is 9.76. The van der Waals surface area contributed by atoms with Gasteiger partial charge in [0.25, 0.3) is 0 Å². The van der Waals surface area contributed by atoms with Crippen molar-refractivity contribution < 1.29 is 4.79 Å². The van der Waals surface area contributed by atoms with Crippen molar-refractivity contribution in [3.63, 3.8) is 0 Å². The Labute approximate surface area is 73.8 Å². The van der Waals surface area contributed by atoms with Crippen LogP contribution in [0.25, 0.3) is 0 Å². The van der Waals surface area contributed by atoms with E-state index in [0.29, 0.717) is 17.1 Å². The fourth-order valence-corrected chi connectivity index (χ4v) is 2.63. The monoisotopic (exact) mass is 164 g/mol. The van der Waals surface area contributed by atoms with Gasteiger partial charge in [0.2, 0.25) is 0 Å². The first-order valence-electron chi connectivity index (χ1n) is 4.90. The lowest BCUT2D eigenvalue weighted by molar-refractivity contribution is -0.122. The number of Topliss-reactive ketones (excluding diaryl/α,β-unsaturated/α-hetero) is 1. The summed E-state index contributed by atoms with van der Waals surface area (Å²) in [6.45, 7) is 2.28. The number of hydrogen-bond acceptors (Lipinski definition) is 1. The minimum absolute atomic E-state index is 0.310. The Hall–Kier alpha value is -0.590. The van der Waals surface area contributed by atoms with E-state index in [2.05, 4.69) is 19.1 Å². The predicted octanol–water partition coefficient (Wildman–Crippen LogP) is 2.71. The van der Waals surface area contributed by atoms with Crippen molar-refractivity contribution in [1.29, 1.82) is 0 Å². The van der Waals surface area contributed by atoms with Crippen LogP contribution in [0.15, 0.2) is 12.2 Å². The zero-order chi connectivity index (χ0) is 8.60. The summed E-state index contributed by atoms with van der Waals surface area (Å²) in [6.07, 6.45) is 9.74. The quantitative estimate of drug-likeness (QED) is 0.503. The molecule has 1 nitrogen and oxygen atoms in total. The highest BCUT2D eigenvalue weighted by Crippen LogP contribution is 2.47. The Morgan fingerprint density at radius 1 is 1.50 bits per heavy atom. The SMILES string of the molecule is CC12CC=CCCC1C(=O)CC2. The first-order chi connectivity index (χ1) is 5.72. The van der Waals surface area contributed by atoms with Crippen molar-refractivity contribution in [2.24, 2.45) is 11.3 Å². The Balaban J connectivity index is 2.24. The number of hydrogen-bond donors (Lipinski definition) is 0. The molecule has 1 saturated carbocycles. The van der Waals surface area contributed by atoms with Crippen LogP contribution in [0.3, 0.4) is 0 Å². The van der Waals surface area contributed by atoms with Crippen LogP contribution < -0.4 is 0 Å². The first kappa shape index (κ1) is 8.03. The zero-order valence-corrected chi connectivity index (χ0v) is 7.68. The van der Waals surface area contributed by atoms with Gasteiger partial charge in [-0.2, -0.15) is 0 Å². The van der Waals surface area contributed by atoms with Crippen LogP contribution in [0.1, 0.15) is 39.0 Å². The van der Waals surface area contributed by atoms with Crippen LogP contribution in [0.5, 0.6) is 0 Å². The standard InChI is InChI=1S/C11H16O/c1-11-7-4-2-3-5-9(11)10(12)6-8-11/h2,4,9H,3,5-8H2,1H3. The van der Waals surface area contributed by atoms with Gasteiger partial charge in [-0.25, -0.2) is 0 Å². The number of allylic oxidation sites excluding steroid dienone is 2. The molecular formula is C11H16O. The Kier molecular flexibility index (Phi) is 1.82. The highest BCUT2D eigenvalue weighted by Gasteiger charge is 2.43. The summed E-state index contributed by atoms with van der Waals surface area (Å²) < 4.78 is 0. The average Bonchev–Trinajstić information content (AvgIpc) is 2.24. The maximum Gasteiger partial charge on any atom is 0.136 e. The molecule has 0 aromatic heterocycles. The van der Waals surface area contributed by atoms with Crippen molar-refractivity contribution in [2.45, 2.75) is 39.0 Å². The minimum Gasteiger partial charge on any atom is -0.299 e. The van der Waals surface area contributed by atoms with Crippen molar-refractivity contribution in [1.82, 2.24) is 0 Å². The van der Waals surface area contributed by atoms with Gasteiger partial charge >= 0.3 is 0 Å². The van der Waals surface area contributed by atoms with E-state index in [4.69, 9.17) is 0 Å². The summed E-state index contributed by atoms with van der Waals surface area (Å²) >= 11 is 0. The molecule has 2 unspecified atom stereocenters. The van der Waals surface area contributed by atoms with Crippen LogP contribution in [-0.2, 0) is 4.79 Å². The number of carbonyl (C=O) groups excluding carboxylic acids is 1. The van der Waals surface area contributed by atoms with Gasteiger partial charge in [-0.1, -0.05) is 19.1 Å². The van der Waals surface area contributed by atoms with E-state index < -0.39 is 0 Å². The lowest BCUT2D eigenvalue weighted by Gasteiger charge is -2.27. The molecule has 0 saturated heterocycles. The molecule has 0 heterocycles. The van der Waals surface area contributed by atoms with Gasteiger partial charge in [-0.05, 0) is 31.1 Å². The summed E-state index contributed by atoms with van der Waals surface area (Å²) in [6, 6.07) is 0. The van der Waals surface area contributed by atoms with Crippen LogP contribution >= 0.6 is 0 Å². The van der Waals surface area contributed by atoms with Crippen LogP contribution in [-0.4, -0.2) is 5.78 Å². The van der Waals surface area contributed by atoms with Gasteiger partial charge in [-0.15, -0.1) is 0 Å². The molecule has 2 rings (SSSR count). The molecule has 0 N–H and O–H groups in total. The van der Waals surface area contributed by atoms with Gasteiger partial charge in [0.05, 0.1) is 0 Å². The first-order valence-corrected chi connectivity index (χ1v) is 4.90. The summed E-state index contributed by atoms with van der Waals surface area (Å²) in [4.78, 5) is 11.5. The molecule has 66 valence electrons. The Morgan fingerprint density at radius 3 is 3.17 bits per heavy atom. The van der Waals surface area contributed by atoms with E-state index in [0.717, 1.165) is 32.1 Å². The molecule has 0 amide bonds. The molecule has 2 atom stereocenters. The number of fused-ring (bicyclic) bond motifs is 1. The van der Waals surface area contributed by atoms with Crippen LogP contribution in [0, 0.1) is 11.3 Å². The van der Waals surface area contributed by atoms with Gasteiger partial charge < -0.3 is 0 Å². The van der Waals surface area contributed by atoms with Gasteiger partial charge in [0.15, 0.2) is 0 Å². The minimum atomic E-state index is 0.310. The molecule has 0 bridgehead atoms. The number of rotatable bonds is 0. The highest BCUT2D eigenvalue weighted by molar-refractivity contribution is 5.84. The maximum atomic E-state index is 11.5. The highest BCUT2D eigenvalue weighted by atomic mass is 16.1. The van der Waals surface area contributed by atoms with E-state index in [-0.39, 0.29) is 0 Å². The van der Waals surface area contributed by atoms with Crippen molar-refractivity contribution >= 4 is 5.78 Å². The van der Waals surface area contributed by atoms with E-state index >= 15 is 0 Å². The third-order valence-electron chi connectivity index (χ3n) is 3.55. The molecule has 12 heavy (non-hydrogen) atoms. The van der Waals surface area contributed by atoms with Crippen molar-refractivity contribution in [3.05, 3.63) is 12.2 Å². The molecule has 2 aliphatic rings. The molecule has 1 fully saturated rings. The Bertz CT molecular complexity index is 229. The zero-order valence-electron chi connectivity index (χ0n) is 7.68. The van der Waals surface area contributed by atoms with E-state index in [9.17, 15) is 4.79 Å². The summed E-state index contributed by atoms with van der Waals surface area (Å²) in [5, 5.41) is 0. The van der Waals surface area contributed by atoms with Crippen molar-refractivity contribution in [2.75, 3.05) is 0 Å².